The van der Waals surface area contributed by atoms with Crippen molar-refractivity contribution in [2.45, 2.75) is 33.2 Å². The molecule has 1 saturated heterocycles. The third-order valence-electron chi connectivity index (χ3n) is 5.85. The van der Waals surface area contributed by atoms with Crippen LogP contribution in [0.2, 0.25) is 0 Å². The Morgan fingerprint density at radius 2 is 1.70 bits per heavy atom. The van der Waals surface area contributed by atoms with Crippen molar-refractivity contribution in [2.24, 2.45) is 5.92 Å². The Labute approximate surface area is 178 Å². The van der Waals surface area contributed by atoms with Gasteiger partial charge in [0.15, 0.2) is 5.82 Å². The molecule has 5 heteroatoms. The van der Waals surface area contributed by atoms with E-state index >= 15 is 0 Å². The third-order valence-corrected chi connectivity index (χ3v) is 5.85. The molecule has 0 bridgehead atoms. The first-order valence-electron chi connectivity index (χ1n) is 10.6. The number of carbonyl (C=O) groups excluding carboxylic acids is 1. The van der Waals surface area contributed by atoms with E-state index in [4.69, 9.17) is 0 Å². The number of benzene rings is 2. The molecule has 154 valence electrons. The van der Waals surface area contributed by atoms with Gasteiger partial charge in [-0.25, -0.2) is 0 Å². The lowest BCUT2D eigenvalue weighted by Crippen LogP contribution is -2.40. The van der Waals surface area contributed by atoms with Crippen molar-refractivity contribution in [3.8, 4) is 11.3 Å². The predicted molar refractivity (Wildman–Crippen MR) is 120 cm³/mol. The van der Waals surface area contributed by atoms with Crippen molar-refractivity contribution < 1.29 is 4.79 Å². The Morgan fingerprint density at radius 1 is 0.967 bits per heavy atom. The predicted octanol–water partition coefficient (Wildman–Crippen LogP) is 4.29. The van der Waals surface area contributed by atoms with Crippen LogP contribution in [0, 0.1) is 19.8 Å². The van der Waals surface area contributed by atoms with E-state index in [1.807, 2.05) is 24.3 Å². The molecule has 5 nitrogen and oxygen atoms in total. The summed E-state index contributed by atoms with van der Waals surface area (Å²) in [6, 6.07) is 20.6. The number of aromatic nitrogens is 2. The topological polar surface area (TPSA) is 58.1 Å². The van der Waals surface area contributed by atoms with E-state index in [1.54, 1.807) is 0 Å². The summed E-state index contributed by atoms with van der Waals surface area (Å²) in [4.78, 5) is 14.8. The monoisotopic (exact) mass is 400 g/mol. The zero-order chi connectivity index (χ0) is 20.9. The third kappa shape index (κ3) is 4.67. The van der Waals surface area contributed by atoms with Crippen LogP contribution in [0.25, 0.3) is 11.3 Å². The molecule has 1 aliphatic heterocycles. The number of carbonyl (C=O) groups is 1. The summed E-state index contributed by atoms with van der Waals surface area (Å²) in [5.74, 6) is 1.09. The van der Waals surface area contributed by atoms with E-state index < -0.39 is 0 Å². The van der Waals surface area contributed by atoms with Gasteiger partial charge in [-0.3, -0.25) is 4.79 Å². The second-order valence-corrected chi connectivity index (χ2v) is 8.06. The molecule has 30 heavy (non-hydrogen) atoms. The van der Waals surface area contributed by atoms with Crippen LogP contribution in [-0.2, 0) is 11.3 Å². The van der Waals surface area contributed by atoms with E-state index in [1.165, 1.54) is 11.1 Å². The van der Waals surface area contributed by atoms with Gasteiger partial charge < -0.3 is 10.2 Å². The standard InChI is InChI=1S/C25H28N4O/c1-18-7-9-20(10-8-18)17-26-25(30)21-13-15-29(16-14-21)24-12-11-23(27-28-24)22-6-4-3-5-19(22)2/h3-12,21H,13-17H2,1-2H3,(H,26,30). The van der Waals surface area contributed by atoms with Crippen molar-refractivity contribution in [1.82, 2.24) is 15.5 Å². The maximum atomic E-state index is 12.6. The molecule has 0 radical (unpaired) electrons. The first-order valence-corrected chi connectivity index (χ1v) is 10.6. The number of aryl methyl sites for hydroxylation is 2. The minimum absolute atomic E-state index is 0.0610. The van der Waals surface area contributed by atoms with Gasteiger partial charge >= 0.3 is 0 Å². The lowest BCUT2D eigenvalue weighted by atomic mass is 9.95. The molecule has 0 atom stereocenters. The highest BCUT2D eigenvalue weighted by Crippen LogP contribution is 2.25. The highest BCUT2D eigenvalue weighted by atomic mass is 16.1. The van der Waals surface area contributed by atoms with Gasteiger partial charge in [-0.1, -0.05) is 54.1 Å². The van der Waals surface area contributed by atoms with Crippen molar-refractivity contribution in [3.05, 3.63) is 77.4 Å². The Balaban J connectivity index is 1.30. The number of hydrogen-bond acceptors (Lipinski definition) is 4. The Hall–Kier alpha value is -3.21. The molecule has 0 saturated carbocycles. The average molecular weight is 401 g/mol. The van der Waals surface area contributed by atoms with Crippen LogP contribution in [-0.4, -0.2) is 29.2 Å². The summed E-state index contributed by atoms with van der Waals surface area (Å²) in [6.45, 7) is 6.38. The summed E-state index contributed by atoms with van der Waals surface area (Å²) in [5, 5.41) is 12.0. The Bertz CT molecular complexity index is 990. The van der Waals surface area contributed by atoms with E-state index in [0.29, 0.717) is 6.54 Å². The minimum atomic E-state index is 0.0610. The first kappa shape index (κ1) is 20.1. The van der Waals surface area contributed by atoms with Gasteiger partial charge in [0, 0.05) is 31.1 Å². The number of rotatable bonds is 5. The van der Waals surface area contributed by atoms with Gasteiger partial charge in [-0.15, -0.1) is 10.2 Å². The fourth-order valence-corrected chi connectivity index (χ4v) is 3.91. The molecule has 0 spiro atoms. The van der Waals surface area contributed by atoms with Crippen LogP contribution in [0.4, 0.5) is 5.82 Å². The van der Waals surface area contributed by atoms with Crippen LogP contribution in [0.1, 0.15) is 29.5 Å². The van der Waals surface area contributed by atoms with Crippen LogP contribution >= 0.6 is 0 Å². The second kappa shape index (κ2) is 9.08. The molecular formula is C25H28N4O. The number of hydrogen-bond donors (Lipinski definition) is 1. The van der Waals surface area contributed by atoms with Gasteiger partial charge in [0.2, 0.25) is 5.91 Å². The lowest BCUT2D eigenvalue weighted by molar-refractivity contribution is -0.125. The number of amides is 1. The number of nitrogens with one attached hydrogen (secondary N) is 1. The molecule has 2 aromatic carbocycles. The van der Waals surface area contributed by atoms with Gasteiger partial charge in [-0.2, -0.15) is 0 Å². The lowest BCUT2D eigenvalue weighted by Gasteiger charge is -2.31. The maximum absolute atomic E-state index is 12.6. The minimum Gasteiger partial charge on any atom is -0.355 e. The number of piperidine rings is 1. The Morgan fingerprint density at radius 3 is 2.37 bits per heavy atom. The second-order valence-electron chi connectivity index (χ2n) is 8.06. The van der Waals surface area contributed by atoms with E-state index in [0.717, 1.165) is 48.6 Å². The Kier molecular flexibility index (Phi) is 6.07. The molecule has 3 aromatic rings. The first-order chi connectivity index (χ1) is 14.6. The van der Waals surface area contributed by atoms with E-state index in [2.05, 4.69) is 70.7 Å². The number of anilines is 1. The molecule has 1 aliphatic rings. The molecule has 1 N–H and O–H groups in total. The molecule has 0 unspecified atom stereocenters. The van der Waals surface area contributed by atoms with Crippen molar-refractivity contribution in [1.29, 1.82) is 0 Å². The van der Waals surface area contributed by atoms with E-state index in [9.17, 15) is 4.79 Å². The smallest absolute Gasteiger partial charge is 0.223 e. The summed E-state index contributed by atoms with van der Waals surface area (Å²) < 4.78 is 0. The van der Waals surface area contributed by atoms with Crippen molar-refractivity contribution in [2.75, 3.05) is 18.0 Å². The molecule has 2 heterocycles. The number of nitrogens with zero attached hydrogens (tertiary/aromatic N) is 3. The largest absolute Gasteiger partial charge is 0.355 e. The summed E-state index contributed by atoms with van der Waals surface area (Å²) in [5.41, 5.74) is 5.56. The highest BCUT2D eigenvalue weighted by molar-refractivity contribution is 5.79. The fraction of sp³-hybridized carbons (Fsp3) is 0.320. The quantitative estimate of drug-likeness (QED) is 0.694. The van der Waals surface area contributed by atoms with Crippen molar-refractivity contribution >= 4 is 11.7 Å². The molecule has 0 aliphatic carbocycles. The maximum Gasteiger partial charge on any atom is 0.223 e. The van der Waals surface area contributed by atoms with Gasteiger partial charge in [0.1, 0.15) is 0 Å². The van der Waals surface area contributed by atoms with E-state index in [-0.39, 0.29) is 11.8 Å². The average Bonchev–Trinajstić information content (AvgIpc) is 2.79. The van der Waals surface area contributed by atoms with Gasteiger partial charge in [0.25, 0.3) is 0 Å². The molecule has 1 amide bonds. The molecular weight excluding hydrogens is 372 g/mol. The fourth-order valence-electron chi connectivity index (χ4n) is 3.91. The van der Waals surface area contributed by atoms with Crippen molar-refractivity contribution in [3.63, 3.8) is 0 Å². The highest BCUT2D eigenvalue weighted by Gasteiger charge is 2.25. The van der Waals surface area contributed by atoms with Crippen LogP contribution in [0.5, 0.6) is 0 Å². The summed E-state index contributed by atoms with van der Waals surface area (Å²) in [7, 11) is 0. The molecule has 4 rings (SSSR count). The summed E-state index contributed by atoms with van der Waals surface area (Å²) >= 11 is 0. The summed E-state index contributed by atoms with van der Waals surface area (Å²) in [6.07, 6.45) is 1.67. The molecule has 1 fully saturated rings. The van der Waals surface area contributed by atoms with Gasteiger partial charge in [0.05, 0.1) is 5.69 Å². The molecule has 1 aromatic heterocycles. The zero-order valence-corrected chi connectivity index (χ0v) is 17.6. The normalized spacial score (nSPS) is 14.5. The SMILES string of the molecule is Cc1ccc(CNC(=O)C2CCN(c3ccc(-c4ccccc4C)nn3)CC2)cc1. The van der Waals surface area contributed by atoms with Crippen LogP contribution in [0.15, 0.2) is 60.7 Å². The van der Waals surface area contributed by atoms with Crippen LogP contribution < -0.4 is 10.2 Å². The van der Waals surface area contributed by atoms with Gasteiger partial charge in [-0.05, 0) is 49.9 Å². The van der Waals surface area contributed by atoms with Crippen LogP contribution in [0.3, 0.4) is 0 Å². The zero-order valence-electron chi connectivity index (χ0n) is 17.6.